The van der Waals surface area contributed by atoms with Gasteiger partial charge < -0.3 is 4.74 Å². The molecule has 3 nitrogen and oxygen atoms in total. The summed E-state index contributed by atoms with van der Waals surface area (Å²) >= 11 is 0. The summed E-state index contributed by atoms with van der Waals surface area (Å²) in [4.78, 5) is 13.4. The molecule has 0 aromatic rings. The van der Waals surface area contributed by atoms with Crippen LogP contribution in [0.15, 0.2) is 0 Å². The van der Waals surface area contributed by atoms with E-state index in [-0.39, 0.29) is 12.1 Å². The first kappa shape index (κ1) is 13.2. The Kier molecular flexibility index (Phi) is 4.55. The number of hydrogen-bond donors (Lipinski definition) is 0. The number of carbonyl (C=O) groups is 1. The standard InChI is InChI=1S/C12H21NO2S/c1-5-11-7-6-8-13(11)12(14)15-9-10-16(2,3)4/h1,11H,6-10H2,2-4H3. The summed E-state index contributed by atoms with van der Waals surface area (Å²) in [5.74, 6) is 3.58. The van der Waals surface area contributed by atoms with E-state index in [1.54, 1.807) is 4.90 Å². The zero-order valence-corrected chi connectivity index (χ0v) is 11.2. The van der Waals surface area contributed by atoms with Crippen LogP contribution in [-0.4, -0.2) is 54.7 Å². The molecule has 1 rings (SSSR count). The van der Waals surface area contributed by atoms with Crippen molar-refractivity contribution in [2.75, 3.05) is 37.7 Å². The van der Waals surface area contributed by atoms with Crippen LogP contribution in [0.25, 0.3) is 0 Å². The summed E-state index contributed by atoms with van der Waals surface area (Å²) in [5, 5.41) is 0. The highest BCUT2D eigenvalue weighted by Crippen LogP contribution is 2.33. The number of hydrogen-bond acceptors (Lipinski definition) is 2. The lowest BCUT2D eigenvalue weighted by Gasteiger charge is -2.26. The van der Waals surface area contributed by atoms with Gasteiger partial charge in [-0.3, -0.25) is 4.90 Å². The van der Waals surface area contributed by atoms with Crippen LogP contribution in [0.4, 0.5) is 4.79 Å². The molecule has 92 valence electrons. The maximum Gasteiger partial charge on any atom is 0.410 e. The van der Waals surface area contributed by atoms with Crippen LogP contribution in [0.2, 0.25) is 0 Å². The largest absolute Gasteiger partial charge is 0.449 e. The summed E-state index contributed by atoms with van der Waals surface area (Å²) in [6.45, 7) is 1.24. The minimum atomic E-state index is -0.598. The fraction of sp³-hybridized carbons (Fsp3) is 0.750. The molecule has 1 aliphatic rings. The van der Waals surface area contributed by atoms with Crippen molar-refractivity contribution in [3.8, 4) is 12.3 Å². The summed E-state index contributed by atoms with van der Waals surface area (Å²) in [7, 11) is -0.598. The van der Waals surface area contributed by atoms with Gasteiger partial charge in [-0.1, -0.05) is 5.92 Å². The van der Waals surface area contributed by atoms with Crippen LogP contribution in [0.5, 0.6) is 0 Å². The lowest BCUT2D eigenvalue weighted by atomic mass is 10.2. The monoisotopic (exact) mass is 243 g/mol. The molecular weight excluding hydrogens is 222 g/mol. The minimum Gasteiger partial charge on any atom is -0.449 e. The van der Waals surface area contributed by atoms with Crippen molar-refractivity contribution in [3.05, 3.63) is 0 Å². The van der Waals surface area contributed by atoms with Crippen molar-refractivity contribution in [3.63, 3.8) is 0 Å². The number of ether oxygens (including phenoxy) is 1. The molecule has 1 heterocycles. The van der Waals surface area contributed by atoms with Crippen LogP contribution >= 0.6 is 10.0 Å². The molecule has 0 aliphatic carbocycles. The van der Waals surface area contributed by atoms with E-state index < -0.39 is 10.0 Å². The Hall–Kier alpha value is -0.820. The van der Waals surface area contributed by atoms with Gasteiger partial charge in [-0.25, -0.2) is 14.8 Å². The normalized spacial score (nSPS) is 21.6. The van der Waals surface area contributed by atoms with Gasteiger partial charge in [0, 0.05) is 12.3 Å². The number of likely N-dealkylation sites (tertiary alicyclic amines) is 1. The highest BCUT2D eigenvalue weighted by atomic mass is 32.3. The molecule has 16 heavy (non-hydrogen) atoms. The number of carbonyl (C=O) groups excluding carboxylic acids is 1. The van der Waals surface area contributed by atoms with E-state index >= 15 is 0 Å². The van der Waals surface area contributed by atoms with Gasteiger partial charge in [-0.15, -0.1) is 6.42 Å². The van der Waals surface area contributed by atoms with Gasteiger partial charge in [-0.05, 0) is 31.6 Å². The minimum absolute atomic E-state index is 0.0607. The van der Waals surface area contributed by atoms with Crippen LogP contribution in [0.3, 0.4) is 0 Å². The van der Waals surface area contributed by atoms with E-state index in [4.69, 9.17) is 11.2 Å². The molecule has 1 aliphatic heterocycles. The third kappa shape index (κ3) is 3.97. The molecule has 0 saturated carbocycles. The molecule has 1 amide bonds. The number of amides is 1. The van der Waals surface area contributed by atoms with E-state index in [2.05, 4.69) is 24.7 Å². The average Bonchev–Trinajstić information content (AvgIpc) is 2.63. The Morgan fingerprint density at radius 1 is 1.56 bits per heavy atom. The lowest BCUT2D eigenvalue weighted by Crippen LogP contribution is -2.35. The van der Waals surface area contributed by atoms with E-state index in [0.717, 1.165) is 25.1 Å². The van der Waals surface area contributed by atoms with Crippen molar-refractivity contribution in [1.29, 1.82) is 0 Å². The van der Waals surface area contributed by atoms with Gasteiger partial charge in [0.25, 0.3) is 0 Å². The summed E-state index contributed by atoms with van der Waals surface area (Å²) in [6.07, 6.45) is 13.6. The SMILES string of the molecule is C#CC1CCCN1C(=O)OCCS(C)(C)C. The van der Waals surface area contributed by atoms with Gasteiger partial charge in [-0.2, -0.15) is 0 Å². The molecule has 0 bridgehead atoms. The Labute approximate surface area is 99.8 Å². The third-order valence-electron chi connectivity index (χ3n) is 2.60. The molecule has 1 unspecified atom stereocenters. The van der Waals surface area contributed by atoms with Gasteiger partial charge in [0.1, 0.15) is 6.61 Å². The number of rotatable bonds is 3. The molecule has 4 heteroatoms. The van der Waals surface area contributed by atoms with Crippen LogP contribution < -0.4 is 0 Å². The maximum absolute atomic E-state index is 11.7. The van der Waals surface area contributed by atoms with Gasteiger partial charge >= 0.3 is 6.09 Å². The fourth-order valence-corrected chi connectivity index (χ4v) is 2.20. The van der Waals surface area contributed by atoms with Crippen molar-refractivity contribution < 1.29 is 9.53 Å². The first-order valence-electron chi connectivity index (χ1n) is 5.49. The van der Waals surface area contributed by atoms with Gasteiger partial charge in [0.2, 0.25) is 0 Å². The molecule has 0 aromatic heterocycles. The summed E-state index contributed by atoms with van der Waals surface area (Å²) in [6, 6.07) is -0.0607. The first-order chi connectivity index (χ1) is 7.44. The van der Waals surface area contributed by atoms with E-state index in [0.29, 0.717) is 6.61 Å². The zero-order chi connectivity index (χ0) is 12.2. The number of nitrogens with zero attached hydrogens (tertiary/aromatic N) is 1. The molecule has 0 radical (unpaired) electrons. The molecule has 1 atom stereocenters. The Bertz CT molecular complexity index is 290. The predicted octanol–water partition coefficient (Wildman–Crippen LogP) is 1.91. The quantitative estimate of drug-likeness (QED) is 0.709. The molecule has 0 aromatic carbocycles. The molecule has 0 spiro atoms. The van der Waals surface area contributed by atoms with Gasteiger partial charge in [0.15, 0.2) is 0 Å². The summed E-state index contributed by atoms with van der Waals surface area (Å²) < 4.78 is 5.25. The van der Waals surface area contributed by atoms with Crippen molar-refractivity contribution in [1.82, 2.24) is 4.90 Å². The van der Waals surface area contributed by atoms with E-state index in [9.17, 15) is 4.79 Å². The fourth-order valence-electron chi connectivity index (χ4n) is 1.62. The van der Waals surface area contributed by atoms with Crippen LogP contribution in [0, 0.1) is 12.3 Å². The Morgan fingerprint density at radius 2 is 2.25 bits per heavy atom. The van der Waals surface area contributed by atoms with Crippen molar-refractivity contribution >= 4 is 16.1 Å². The van der Waals surface area contributed by atoms with E-state index in [1.807, 2.05) is 0 Å². The summed E-state index contributed by atoms with van der Waals surface area (Å²) in [5.41, 5.74) is 0. The highest BCUT2D eigenvalue weighted by Gasteiger charge is 2.28. The third-order valence-corrected chi connectivity index (χ3v) is 3.99. The molecule has 1 fully saturated rings. The predicted molar refractivity (Wildman–Crippen MR) is 70.1 cm³/mol. The average molecular weight is 243 g/mol. The second kappa shape index (κ2) is 5.49. The number of terminal acetylenes is 1. The zero-order valence-electron chi connectivity index (χ0n) is 10.4. The van der Waals surface area contributed by atoms with Crippen molar-refractivity contribution in [2.45, 2.75) is 18.9 Å². The first-order valence-corrected chi connectivity index (χ1v) is 8.52. The second-order valence-corrected chi connectivity index (χ2v) is 9.52. The molecular formula is C12H21NO2S. The smallest absolute Gasteiger partial charge is 0.410 e. The van der Waals surface area contributed by atoms with E-state index in [1.165, 1.54) is 0 Å². The molecule has 1 saturated heterocycles. The maximum atomic E-state index is 11.7. The van der Waals surface area contributed by atoms with Crippen molar-refractivity contribution in [2.24, 2.45) is 0 Å². The van der Waals surface area contributed by atoms with Crippen LogP contribution in [-0.2, 0) is 4.74 Å². The Morgan fingerprint density at radius 3 is 2.81 bits per heavy atom. The Balaban J connectivity index is 2.33. The van der Waals surface area contributed by atoms with Crippen LogP contribution in [0.1, 0.15) is 12.8 Å². The highest BCUT2D eigenvalue weighted by molar-refractivity contribution is 8.32. The molecule has 0 N–H and O–H groups in total. The van der Waals surface area contributed by atoms with Gasteiger partial charge in [0.05, 0.1) is 6.04 Å². The second-order valence-electron chi connectivity index (χ2n) is 4.93. The topological polar surface area (TPSA) is 29.5 Å². The lowest BCUT2D eigenvalue weighted by molar-refractivity contribution is 0.110.